The van der Waals surface area contributed by atoms with E-state index in [1.54, 1.807) is 20.0 Å². The van der Waals surface area contributed by atoms with Crippen LogP contribution in [0.2, 0.25) is 0 Å². The fraction of sp³-hybridized carbons (Fsp3) is 0.500. The Morgan fingerprint density at radius 2 is 2.00 bits per heavy atom. The van der Waals surface area contributed by atoms with Gasteiger partial charge in [0.15, 0.2) is 0 Å². The second-order valence-corrected chi connectivity index (χ2v) is 5.89. The molecule has 0 radical (unpaired) electrons. The molecule has 0 fully saturated rings. The maximum absolute atomic E-state index is 12.5. The van der Waals surface area contributed by atoms with Gasteiger partial charge < -0.3 is 9.84 Å². The molecule has 0 amide bonds. The van der Waals surface area contributed by atoms with Crippen LogP contribution in [0.1, 0.15) is 38.0 Å². The molecule has 1 N–H and O–H groups in total. The number of hydrogen-bond acceptors (Lipinski definition) is 4. The fourth-order valence-corrected chi connectivity index (χ4v) is 2.22. The smallest absolute Gasteiger partial charge is 0.299 e. The van der Waals surface area contributed by atoms with Crippen LogP contribution in [-0.4, -0.2) is 21.3 Å². The van der Waals surface area contributed by atoms with Gasteiger partial charge in [0.2, 0.25) is 0 Å². The predicted octanol–water partition coefficient (Wildman–Crippen LogP) is 2.33. The molecule has 114 valence electrons. The number of rotatable bonds is 4. The van der Waals surface area contributed by atoms with Gasteiger partial charge in [-0.05, 0) is 31.4 Å². The van der Waals surface area contributed by atoms with Crippen molar-refractivity contribution < 1.29 is 9.84 Å². The standard InChI is InChI=1S/C16H22N2O3/c1-9(2)8-21-16-17-14-12(11(4)19)6-10(3)7-13(14)15(20)18(16)5/h6-7,9,11,19H,8H2,1-5H3. The zero-order chi connectivity index (χ0) is 15.7. The van der Waals surface area contributed by atoms with Crippen molar-refractivity contribution in [2.45, 2.75) is 33.8 Å². The molecule has 5 nitrogen and oxygen atoms in total. The molecule has 0 aliphatic rings. The molecular formula is C16H22N2O3. The van der Waals surface area contributed by atoms with Gasteiger partial charge >= 0.3 is 0 Å². The van der Waals surface area contributed by atoms with Crippen molar-refractivity contribution in [3.63, 3.8) is 0 Å². The first kappa shape index (κ1) is 15.5. The molecule has 1 aromatic carbocycles. The molecule has 21 heavy (non-hydrogen) atoms. The van der Waals surface area contributed by atoms with Gasteiger partial charge in [0, 0.05) is 12.6 Å². The van der Waals surface area contributed by atoms with Crippen LogP contribution in [0.15, 0.2) is 16.9 Å². The Hall–Kier alpha value is -1.88. The monoisotopic (exact) mass is 290 g/mol. The van der Waals surface area contributed by atoms with Crippen molar-refractivity contribution in [1.82, 2.24) is 9.55 Å². The quantitative estimate of drug-likeness (QED) is 0.938. The van der Waals surface area contributed by atoms with Crippen LogP contribution in [0.4, 0.5) is 0 Å². The van der Waals surface area contributed by atoms with Crippen LogP contribution in [0.5, 0.6) is 6.01 Å². The van der Waals surface area contributed by atoms with Gasteiger partial charge in [-0.2, -0.15) is 4.98 Å². The molecule has 1 heterocycles. The van der Waals surface area contributed by atoms with Gasteiger partial charge in [0.25, 0.3) is 11.6 Å². The summed E-state index contributed by atoms with van der Waals surface area (Å²) < 4.78 is 7.04. The zero-order valence-corrected chi connectivity index (χ0v) is 13.2. The number of fused-ring (bicyclic) bond motifs is 1. The van der Waals surface area contributed by atoms with Gasteiger partial charge in [-0.25, -0.2) is 0 Å². The minimum atomic E-state index is -0.690. The van der Waals surface area contributed by atoms with Crippen molar-refractivity contribution in [2.75, 3.05) is 6.61 Å². The van der Waals surface area contributed by atoms with E-state index in [1.807, 2.05) is 26.8 Å². The van der Waals surface area contributed by atoms with E-state index in [0.717, 1.165) is 5.56 Å². The molecule has 0 spiro atoms. The highest BCUT2D eigenvalue weighted by atomic mass is 16.5. The summed E-state index contributed by atoms with van der Waals surface area (Å²) in [5, 5.41) is 10.4. The largest absolute Gasteiger partial charge is 0.464 e. The molecule has 0 saturated carbocycles. The lowest BCUT2D eigenvalue weighted by Gasteiger charge is -2.15. The van der Waals surface area contributed by atoms with Gasteiger partial charge in [-0.15, -0.1) is 0 Å². The third-order valence-corrected chi connectivity index (χ3v) is 3.31. The van der Waals surface area contributed by atoms with Crippen LogP contribution in [0.25, 0.3) is 10.9 Å². The van der Waals surface area contributed by atoms with Gasteiger partial charge in [-0.1, -0.05) is 19.9 Å². The zero-order valence-electron chi connectivity index (χ0n) is 13.2. The highest BCUT2D eigenvalue weighted by Gasteiger charge is 2.16. The maximum atomic E-state index is 12.5. The summed E-state index contributed by atoms with van der Waals surface area (Å²) in [6.07, 6.45) is -0.690. The molecule has 2 aromatic rings. The topological polar surface area (TPSA) is 64.4 Å². The average molecular weight is 290 g/mol. The summed E-state index contributed by atoms with van der Waals surface area (Å²) in [5.74, 6) is 0.340. The lowest BCUT2D eigenvalue weighted by Crippen LogP contribution is -2.22. The Labute approximate surface area is 124 Å². The second-order valence-electron chi connectivity index (χ2n) is 5.89. The third-order valence-electron chi connectivity index (χ3n) is 3.31. The first-order valence-corrected chi connectivity index (χ1v) is 7.13. The van der Waals surface area contributed by atoms with Crippen molar-refractivity contribution in [3.05, 3.63) is 33.6 Å². The van der Waals surface area contributed by atoms with Crippen molar-refractivity contribution in [3.8, 4) is 6.01 Å². The SMILES string of the molecule is Cc1cc(C(C)O)c2nc(OCC(C)C)n(C)c(=O)c2c1. The van der Waals surface area contributed by atoms with E-state index in [-0.39, 0.29) is 11.6 Å². The van der Waals surface area contributed by atoms with Crippen LogP contribution in [-0.2, 0) is 7.05 Å². The number of aromatic nitrogens is 2. The van der Waals surface area contributed by atoms with Crippen LogP contribution in [0.3, 0.4) is 0 Å². The Kier molecular flexibility index (Phi) is 4.32. The van der Waals surface area contributed by atoms with Crippen molar-refractivity contribution in [1.29, 1.82) is 0 Å². The molecular weight excluding hydrogens is 268 g/mol. The highest BCUT2D eigenvalue weighted by molar-refractivity contribution is 5.82. The first-order chi connectivity index (χ1) is 9.81. The predicted molar refractivity (Wildman–Crippen MR) is 82.7 cm³/mol. The summed E-state index contributed by atoms with van der Waals surface area (Å²) in [6, 6.07) is 3.93. The van der Waals surface area contributed by atoms with E-state index in [4.69, 9.17) is 4.74 Å². The maximum Gasteiger partial charge on any atom is 0.299 e. The first-order valence-electron chi connectivity index (χ1n) is 7.13. The van der Waals surface area contributed by atoms with E-state index in [9.17, 15) is 9.90 Å². The molecule has 0 saturated heterocycles. The number of nitrogens with zero attached hydrogens (tertiary/aromatic N) is 2. The Bertz CT molecular complexity index is 718. The number of aryl methyl sites for hydroxylation is 1. The summed E-state index contributed by atoms with van der Waals surface area (Å²) >= 11 is 0. The van der Waals surface area contributed by atoms with E-state index in [1.165, 1.54) is 4.57 Å². The lowest BCUT2D eigenvalue weighted by atomic mass is 10.0. The number of hydrogen-bond donors (Lipinski definition) is 1. The molecule has 1 atom stereocenters. The second kappa shape index (κ2) is 5.85. The number of aliphatic hydroxyl groups excluding tert-OH is 1. The number of ether oxygens (including phenoxy) is 1. The summed E-state index contributed by atoms with van der Waals surface area (Å²) in [4.78, 5) is 16.9. The van der Waals surface area contributed by atoms with Gasteiger partial charge in [0.1, 0.15) is 0 Å². The molecule has 0 aliphatic carbocycles. The third kappa shape index (κ3) is 3.08. The van der Waals surface area contributed by atoms with E-state index in [2.05, 4.69) is 4.98 Å². The van der Waals surface area contributed by atoms with Crippen LogP contribution in [0, 0.1) is 12.8 Å². The van der Waals surface area contributed by atoms with Crippen LogP contribution >= 0.6 is 0 Å². The summed E-state index contributed by atoms with van der Waals surface area (Å²) in [7, 11) is 1.65. The Morgan fingerprint density at radius 1 is 1.33 bits per heavy atom. The molecule has 0 aliphatic heterocycles. The lowest BCUT2D eigenvalue weighted by molar-refractivity contribution is 0.200. The van der Waals surface area contributed by atoms with Gasteiger partial charge in [0.05, 0.1) is 23.6 Å². The van der Waals surface area contributed by atoms with Crippen molar-refractivity contribution in [2.24, 2.45) is 13.0 Å². The Morgan fingerprint density at radius 3 is 2.57 bits per heavy atom. The molecule has 1 aromatic heterocycles. The van der Waals surface area contributed by atoms with E-state index < -0.39 is 6.10 Å². The molecule has 1 unspecified atom stereocenters. The van der Waals surface area contributed by atoms with E-state index in [0.29, 0.717) is 29.0 Å². The fourth-order valence-electron chi connectivity index (χ4n) is 2.22. The Balaban J connectivity index is 2.70. The molecule has 5 heteroatoms. The van der Waals surface area contributed by atoms with Gasteiger partial charge in [-0.3, -0.25) is 9.36 Å². The molecule has 2 rings (SSSR count). The van der Waals surface area contributed by atoms with Crippen LogP contribution < -0.4 is 10.3 Å². The minimum absolute atomic E-state index is 0.163. The number of aliphatic hydroxyl groups is 1. The van der Waals surface area contributed by atoms with E-state index >= 15 is 0 Å². The minimum Gasteiger partial charge on any atom is -0.464 e. The summed E-state index contributed by atoms with van der Waals surface area (Å²) in [6.45, 7) is 8.12. The molecule has 0 bridgehead atoms. The summed E-state index contributed by atoms with van der Waals surface area (Å²) in [5.41, 5.74) is 1.92. The number of benzene rings is 1. The van der Waals surface area contributed by atoms with Crippen molar-refractivity contribution >= 4 is 10.9 Å². The highest BCUT2D eigenvalue weighted by Crippen LogP contribution is 2.24. The average Bonchev–Trinajstić information content (AvgIpc) is 2.40. The normalized spacial score (nSPS) is 12.9.